The summed E-state index contributed by atoms with van der Waals surface area (Å²) < 4.78 is 61.7. The molecule has 0 spiro atoms. The average Bonchev–Trinajstić information content (AvgIpc) is 0.784. The number of ether oxygens (including phenoxy) is 7. The predicted octanol–water partition coefficient (Wildman–Crippen LogP) is 22.8. The monoisotopic (exact) mass is 1800 g/mol. The third-order valence-corrected chi connectivity index (χ3v) is 25.6. The molecule has 2 saturated heterocycles. The van der Waals surface area contributed by atoms with Crippen molar-refractivity contribution in [2.45, 2.75) is 590 Å². The molecule has 0 aromatic rings. The Hall–Kier alpha value is -3.39. The molecule has 2 aliphatic rings. The molecule has 0 bridgehead atoms. The maximum atomic E-state index is 14.7. The molecule has 0 aliphatic carbocycles. The van der Waals surface area contributed by atoms with E-state index in [9.17, 15) is 68.7 Å². The zero-order valence-corrected chi connectivity index (χ0v) is 81.0. The number of esters is 4. The largest absolute Gasteiger partial charge is 0.472 e. The summed E-state index contributed by atoms with van der Waals surface area (Å²) in [5, 5.41) is 63.9. The number of aliphatic hydroxyl groups excluding tert-OH is 5. The number of phosphoric ester groups is 1. The third kappa shape index (κ3) is 64.2. The highest BCUT2D eigenvalue weighted by Gasteiger charge is 2.53. The second-order valence-electron chi connectivity index (χ2n) is 37.1. The minimum atomic E-state index is -5.65. The molecule has 2 rings (SSSR count). The number of amides is 2. The summed E-state index contributed by atoms with van der Waals surface area (Å²) in [6.45, 7) is 11.4. The van der Waals surface area contributed by atoms with Gasteiger partial charge >= 0.3 is 31.7 Å². The van der Waals surface area contributed by atoms with Gasteiger partial charge in [-0.05, 0) is 51.4 Å². The Balaban J connectivity index is 2.65. The lowest BCUT2D eigenvalue weighted by Gasteiger charge is -2.46. The minimum absolute atomic E-state index is 0.133. The van der Waals surface area contributed by atoms with Crippen LogP contribution in [-0.2, 0) is 71.0 Å². The van der Waals surface area contributed by atoms with Crippen LogP contribution in [0.15, 0.2) is 0 Å². The van der Waals surface area contributed by atoms with Gasteiger partial charge in [0.2, 0.25) is 11.8 Å². The van der Waals surface area contributed by atoms with Crippen molar-refractivity contribution in [1.29, 1.82) is 0 Å². The van der Waals surface area contributed by atoms with E-state index in [-0.39, 0.29) is 25.7 Å². The number of rotatable bonds is 88. The first-order valence-electron chi connectivity index (χ1n) is 52.0. The van der Waals surface area contributed by atoms with Gasteiger partial charge in [0.05, 0.1) is 51.1 Å². The van der Waals surface area contributed by atoms with Crippen LogP contribution in [0.5, 0.6) is 0 Å². The summed E-state index contributed by atoms with van der Waals surface area (Å²) in [6, 6.07) is -3.56. The molecule has 125 heavy (non-hydrogen) atoms. The molecule has 14 atom stereocenters. The molecule has 2 amide bonds. The van der Waals surface area contributed by atoms with Crippen molar-refractivity contribution in [3.8, 4) is 0 Å². The van der Waals surface area contributed by atoms with Gasteiger partial charge in [-0.2, -0.15) is 0 Å². The lowest BCUT2D eigenvalue weighted by atomic mass is 9.95. The first kappa shape index (κ1) is 118. The summed E-state index contributed by atoms with van der Waals surface area (Å²) in [5.74, 6) is -4.52. The molecular weight excluding hydrogens is 1610 g/mol. The SMILES string of the molecule is CCCCCCCCCCCCCCCC(=O)OC(CCCCCCCCCCC)CC(=O)NC1C(OP(=O)(O)O)OC(CO[C@@H]2OC(CO)[C@@H](O)[C@H](OC(=O)CC(CCCCCCCCCCC)OC(=O)CCCCCCCCCCCCCCC)C2NC(=O)CC(O)CCCCCCCCCCC)[C@@H](O)[C@@H]1OC(=O)CC(O)CCCCCCCCCCC. The van der Waals surface area contributed by atoms with Gasteiger partial charge in [-0.25, -0.2) is 4.57 Å². The quantitative estimate of drug-likeness (QED) is 0.0118. The summed E-state index contributed by atoms with van der Waals surface area (Å²) in [5.41, 5.74) is 0. The number of carbonyl (C=O) groups excluding carboxylic acids is 6. The van der Waals surface area contributed by atoms with Crippen molar-refractivity contribution in [1.82, 2.24) is 10.6 Å². The maximum Gasteiger partial charge on any atom is 0.472 e. The van der Waals surface area contributed by atoms with Gasteiger partial charge in [0, 0.05) is 12.8 Å². The summed E-state index contributed by atoms with van der Waals surface area (Å²) in [4.78, 5) is 107. The first-order valence-corrected chi connectivity index (χ1v) is 53.5. The molecule has 0 saturated carbocycles. The van der Waals surface area contributed by atoms with Crippen molar-refractivity contribution < 1.29 is 106 Å². The van der Waals surface area contributed by atoms with Gasteiger partial charge in [-0.15, -0.1) is 0 Å². The second kappa shape index (κ2) is 80.3. The zero-order valence-electron chi connectivity index (χ0n) is 80.1. The molecule has 9 N–H and O–H groups in total. The van der Waals surface area contributed by atoms with E-state index in [0.717, 1.165) is 205 Å². The number of hydrogen-bond acceptors (Lipinski definition) is 20. The second-order valence-corrected chi connectivity index (χ2v) is 38.3. The Morgan fingerprint density at radius 3 is 0.920 bits per heavy atom. The molecule has 25 heteroatoms. The van der Waals surface area contributed by atoms with Gasteiger partial charge in [-0.1, -0.05) is 414 Å². The van der Waals surface area contributed by atoms with E-state index < -0.39 is 168 Å². The fraction of sp³-hybridized carbons (Fsp3) is 0.940. The molecule has 24 nitrogen and oxygen atoms in total. The van der Waals surface area contributed by atoms with Crippen LogP contribution >= 0.6 is 7.82 Å². The Bertz CT molecular complexity index is 2620. The van der Waals surface area contributed by atoms with Crippen LogP contribution in [0.2, 0.25) is 0 Å². The number of aliphatic hydroxyl groups is 5. The van der Waals surface area contributed by atoms with E-state index in [1.165, 1.54) is 154 Å². The molecule has 0 aromatic carbocycles. The fourth-order valence-corrected chi connectivity index (χ4v) is 17.8. The van der Waals surface area contributed by atoms with Crippen LogP contribution in [0.25, 0.3) is 0 Å². The van der Waals surface area contributed by atoms with Gasteiger partial charge in [0.15, 0.2) is 24.8 Å². The van der Waals surface area contributed by atoms with Crippen molar-refractivity contribution in [2.75, 3.05) is 13.2 Å². The number of phosphoric acid groups is 1. The smallest absolute Gasteiger partial charge is 0.462 e. The molecule has 9 unspecified atom stereocenters. The Morgan fingerprint density at radius 2 is 0.592 bits per heavy atom. The van der Waals surface area contributed by atoms with E-state index in [1.807, 2.05) is 0 Å². The topological polar surface area (TPSA) is 359 Å². The number of unbranched alkanes of at least 4 members (excludes halogenated alkanes) is 56. The Labute approximate surface area is 759 Å². The van der Waals surface area contributed by atoms with Crippen molar-refractivity contribution in [3.63, 3.8) is 0 Å². The average molecular weight is 1800 g/mol. The van der Waals surface area contributed by atoms with Gasteiger partial charge < -0.3 is 79.1 Å². The van der Waals surface area contributed by atoms with Crippen molar-refractivity contribution in [2.24, 2.45) is 0 Å². The van der Waals surface area contributed by atoms with Crippen molar-refractivity contribution >= 4 is 43.5 Å². The van der Waals surface area contributed by atoms with Gasteiger partial charge in [-0.3, -0.25) is 33.3 Å². The van der Waals surface area contributed by atoms with E-state index in [2.05, 4.69) is 52.2 Å². The number of hydrogen-bond donors (Lipinski definition) is 9. The van der Waals surface area contributed by atoms with Crippen LogP contribution in [0.3, 0.4) is 0 Å². The molecule has 2 aliphatic heterocycles. The molecular formula is C100H189N2O22P. The highest BCUT2D eigenvalue weighted by molar-refractivity contribution is 7.46. The lowest BCUT2D eigenvalue weighted by Crippen LogP contribution is -2.67. The number of nitrogens with one attached hydrogen (secondary N) is 2. The zero-order chi connectivity index (χ0) is 91.4. The van der Waals surface area contributed by atoms with E-state index in [4.69, 9.17) is 37.7 Å². The number of carbonyl (C=O) groups is 6. The summed E-state index contributed by atoms with van der Waals surface area (Å²) in [6.07, 6.45) is 46.4. The lowest BCUT2D eigenvalue weighted by molar-refractivity contribution is -0.298. The van der Waals surface area contributed by atoms with Crippen LogP contribution in [-0.4, -0.2) is 170 Å². The van der Waals surface area contributed by atoms with Crippen LogP contribution in [0.1, 0.15) is 504 Å². The first-order chi connectivity index (χ1) is 60.6. The Kier molecular flexibility index (Phi) is 75.6. The molecule has 0 radical (unpaired) electrons. The van der Waals surface area contributed by atoms with Gasteiger partial charge in [0.1, 0.15) is 48.7 Å². The van der Waals surface area contributed by atoms with Crippen LogP contribution < -0.4 is 10.6 Å². The van der Waals surface area contributed by atoms with Crippen LogP contribution in [0, 0.1) is 0 Å². The highest BCUT2D eigenvalue weighted by atomic mass is 31.2. The maximum absolute atomic E-state index is 14.7. The van der Waals surface area contributed by atoms with Crippen molar-refractivity contribution in [3.05, 3.63) is 0 Å². The Morgan fingerprint density at radius 1 is 0.328 bits per heavy atom. The fourth-order valence-electron chi connectivity index (χ4n) is 17.4. The van der Waals surface area contributed by atoms with Gasteiger partial charge in [0.25, 0.3) is 0 Å². The third-order valence-electron chi connectivity index (χ3n) is 25.1. The molecule has 2 fully saturated rings. The summed E-state index contributed by atoms with van der Waals surface area (Å²) in [7, 11) is -5.65. The standard InChI is InChI=1S/C100H189N2O22P/c1-7-13-19-25-31-37-39-41-43-49-55-61-67-73-89(108)118-83(71-65-59-53-47-35-29-23-17-11-5)77-88(107)102-94-98(122-91(110)76-82(105)70-64-58-52-46-34-28-22-16-10-4)96(113)86(121-100(94)124-125(114,115)116)80-117-99-93(101-87(106)75-81(104)69-63-57-51-45-33-27-21-15-9-3)97(95(112)85(79-103)120-99)123-92(111)78-84(72-66-60-54-48-36-30-24-18-12-6)119-90(109)74-68-62-56-50-44-42-40-38-32-26-20-14-8-2/h81-86,93-100,103-105,112-113H,7-80H2,1-6H3,(H,101,106)(H,102,107)(H2,114,115,116)/t81?,82?,83?,84?,85?,86?,93?,94?,95-,96-,97-,98-,99-,100?/m1/s1. The highest BCUT2D eigenvalue weighted by Crippen LogP contribution is 2.42. The minimum Gasteiger partial charge on any atom is -0.462 e. The molecule has 2 heterocycles. The molecule has 0 aromatic heterocycles. The predicted molar refractivity (Wildman–Crippen MR) is 497 cm³/mol. The van der Waals surface area contributed by atoms with Crippen LogP contribution in [0.4, 0.5) is 0 Å². The normalized spacial score (nSPS) is 20.1. The summed E-state index contributed by atoms with van der Waals surface area (Å²) >= 11 is 0. The van der Waals surface area contributed by atoms with E-state index in [0.29, 0.717) is 51.4 Å². The molecule has 736 valence electrons. The van der Waals surface area contributed by atoms with E-state index in [1.54, 1.807) is 0 Å². The van der Waals surface area contributed by atoms with E-state index >= 15 is 0 Å².